The lowest BCUT2D eigenvalue weighted by Gasteiger charge is -2.37. The largest absolute Gasteiger partial charge is 0.315 e. The summed E-state index contributed by atoms with van der Waals surface area (Å²) in [7, 11) is 0. The Hall–Kier alpha value is -0.0800. The van der Waals surface area contributed by atoms with Crippen LogP contribution in [0.5, 0.6) is 0 Å². The van der Waals surface area contributed by atoms with Crippen molar-refractivity contribution in [3.05, 3.63) is 0 Å². The summed E-state index contributed by atoms with van der Waals surface area (Å²) in [6.45, 7) is 11.8. The second-order valence-electron chi connectivity index (χ2n) is 4.41. The van der Waals surface area contributed by atoms with Crippen LogP contribution in [0.2, 0.25) is 0 Å². The number of nitrogens with zero attached hydrogens (tertiary/aromatic N) is 1. The van der Waals surface area contributed by atoms with E-state index in [0.29, 0.717) is 5.54 Å². The van der Waals surface area contributed by atoms with Crippen LogP contribution in [-0.4, -0.2) is 36.6 Å². The Kier molecular flexibility index (Phi) is 4.20. The monoisotopic (exact) mass is 184 g/mol. The molecule has 2 nitrogen and oxygen atoms in total. The molecule has 1 rings (SSSR count). The fourth-order valence-corrected chi connectivity index (χ4v) is 2.27. The molecule has 1 aliphatic heterocycles. The molecule has 1 unspecified atom stereocenters. The molecule has 0 spiro atoms. The van der Waals surface area contributed by atoms with Crippen LogP contribution in [0.15, 0.2) is 0 Å². The Labute approximate surface area is 82.7 Å². The average molecular weight is 184 g/mol. The van der Waals surface area contributed by atoms with Crippen molar-refractivity contribution in [3.63, 3.8) is 0 Å². The maximum Gasteiger partial charge on any atom is 0.0317 e. The van der Waals surface area contributed by atoms with Gasteiger partial charge in [-0.25, -0.2) is 0 Å². The Morgan fingerprint density at radius 3 is 2.23 bits per heavy atom. The third kappa shape index (κ3) is 2.68. The van der Waals surface area contributed by atoms with Gasteiger partial charge in [0.05, 0.1) is 0 Å². The molecule has 0 bridgehead atoms. The summed E-state index contributed by atoms with van der Waals surface area (Å²) < 4.78 is 0. The molecule has 1 heterocycles. The SMILES string of the molecule is CCCN(CCC)C1(C)CCNC1. The van der Waals surface area contributed by atoms with Crippen LogP contribution in [0.3, 0.4) is 0 Å². The van der Waals surface area contributed by atoms with Crippen molar-refractivity contribution in [2.24, 2.45) is 0 Å². The smallest absolute Gasteiger partial charge is 0.0317 e. The van der Waals surface area contributed by atoms with E-state index in [-0.39, 0.29) is 0 Å². The van der Waals surface area contributed by atoms with E-state index < -0.39 is 0 Å². The zero-order chi connectivity index (χ0) is 9.73. The first kappa shape index (κ1) is 11.0. The van der Waals surface area contributed by atoms with Crippen molar-refractivity contribution in [2.75, 3.05) is 26.2 Å². The van der Waals surface area contributed by atoms with Crippen LogP contribution < -0.4 is 5.32 Å². The number of hydrogen-bond acceptors (Lipinski definition) is 2. The van der Waals surface area contributed by atoms with Crippen LogP contribution in [0.25, 0.3) is 0 Å². The van der Waals surface area contributed by atoms with Gasteiger partial charge in [0.2, 0.25) is 0 Å². The third-order valence-electron chi connectivity index (χ3n) is 3.10. The molecule has 0 aromatic carbocycles. The second kappa shape index (κ2) is 4.97. The highest BCUT2D eigenvalue weighted by Crippen LogP contribution is 2.22. The van der Waals surface area contributed by atoms with Crippen molar-refractivity contribution < 1.29 is 0 Å². The van der Waals surface area contributed by atoms with Gasteiger partial charge in [-0.1, -0.05) is 13.8 Å². The molecule has 1 saturated heterocycles. The summed E-state index contributed by atoms with van der Waals surface area (Å²) in [5.41, 5.74) is 0.437. The molecule has 2 heteroatoms. The molecule has 1 fully saturated rings. The lowest BCUT2D eigenvalue weighted by atomic mass is 9.98. The standard InChI is InChI=1S/C11H24N2/c1-4-8-13(9-5-2)11(3)6-7-12-10-11/h12H,4-10H2,1-3H3. The number of rotatable bonds is 5. The topological polar surface area (TPSA) is 15.3 Å². The zero-order valence-electron chi connectivity index (χ0n) is 9.40. The normalized spacial score (nSPS) is 28.6. The molecule has 1 atom stereocenters. The molecular formula is C11H24N2. The summed E-state index contributed by atoms with van der Waals surface area (Å²) in [5.74, 6) is 0. The zero-order valence-corrected chi connectivity index (χ0v) is 9.40. The van der Waals surface area contributed by atoms with Crippen LogP contribution >= 0.6 is 0 Å². The van der Waals surface area contributed by atoms with E-state index in [9.17, 15) is 0 Å². The summed E-state index contributed by atoms with van der Waals surface area (Å²) in [5, 5.41) is 3.47. The Bertz CT molecular complexity index is 133. The van der Waals surface area contributed by atoms with Crippen LogP contribution in [-0.2, 0) is 0 Å². The molecule has 13 heavy (non-hydrogen) atoms. The Balaban J connectivity index is 2.50. The van der Waals surface area contributed by atoms with Gasteiger partial charge in [-0.05, 0) is 45.8 Å². The van der Waals surface area contributed by atoms with Gasteiger partial charge in [0.1, 0.15) is 0 Å². The maximum atomic E-state index is 3.47. The van der Waals surface area contributed by atoms with E-state index in [4.69, 9.17) is 0 Å². The lowest BCUT2D eigenvalue weighted by molar-refractivity contribution is 0.120. The fourth-order valence-electron chi connectivity index (χ4n) is 2.27. The molecule has 0 aromatic heterocycles. The first-order chi connectivity index (χ1) is 6.23. The third-order valence-corrected chi connectivity index (χ3v) is 3.10. The van der Waals surface area contributed by atoms with E-state index in [0.717, 1.165) is 0 Å². The molecule has 0 saturated carbocycles. The maximum absolute atomic E-state index is 3.47. The lowest BCUT2D eigenvalue weighted by Crippen LogP contribution is -2.48. The summed E-state index contributed by atoms with van der Waals surface area (Å²) in [6.07, 6.45) is 3.86. The first-order valence-corrected chi connectivity index (χ1v) is 5.68. The van der Waals surface area contributed by atoms with Crippen molar-refractivity contribution in [3.8, 4) is 0 Å². The molecule has 0 amide bonds. The Morgan fingerprint density at radius 2 is 1.85 bits per heavy atom. The minimum absolute atomic E-state index is 0.437. The Morgan fingerprint density at radius 1 is 1.23 bits per heavy atom. The van der Waals surface area contributed by atoms with E-state index in [1.54, 1.807) is 0 Å². The van der Waals surface area contributed by atoms with E-state index in [2.05, 4.69) is 31.0 Å². The molecule has 1 N–H and O–H groups in total. The van der Waals surface area contributed by atoms with Crippen molar-refractivity contribution >= 4 is 0 Å². The molecule has 0 aromatic rings. The minimum atomic E-state index is 0.437. The highest BCUT2D eigenvalue weighted by atomic mass is 15.2. The van der Waals surface area contributed by atoms with E-state index in [1.807, 2.05) is 0 Å². The van der Waals surface area contributed by atoms with Crippen LogP contribution in [0.1, 0.15) is 40.0 Å². The number of nitrogens with one attached hydrogen (secondary N) is 1. The quantitative estimate of drug-likeness (QED) is 0.701. The van der Waals surface area contributed by atoms with Gasteiger partial charge in [-0.15, -0.1) is 0 Å². The summed E-state index contributed by atoms with van der Waals surface area (Å²) in [6, 6.07) is 0. The van der Waals surface area contributed by atoms with Gasteiger partial charge in [0.25, 0.3) is 0 Å². The molecule has 1 aliphatic rings. The van der Waals surface area contributed by atoms with Gasteiger partial charge in [-0.2, -0.15) is 0 Å². The van der Waals surface area contributed by atoms with Gasteiger partial charge in [0.15, 0.2) is 0 Å². The second-order valence-corrected chi connectivity index (χ2v) is 4.41. The van der Waals surface area contributed by atoms with Crippen LogP contribution in [0, 0.1) is 0 Å². The van der Waals surface area contributed by atoms with E-state index >= 15 is 0 Å². The fraction of sp³-hybridized carbons (Fsp3) is 1.00. The average Bonchev–Trinajstić information content (AvgIpc) is 2.53. The molecule has 0 aliphatic carbocycles. The van der Waals surface area contributed by atoms with Gasteiger partial charge >= 0.3 is 0 Å². The summed E-state index contributed by atoms with van der Waals surface area (Å²) >= 11 is 0. The van der Waals surface area contributed by atoms with Crippen molar-refractivity contribution in [1.82, 2.24) is 10.2 Å². The van der Waals surface area contributed by atoms with Crippen molar-refractivity contribution in [2.45, 2.75) is 45.6 Å². The predicted octanol–water partition coefficient (Wildman–Crippen LogP) is 1.86. The molecule has 0 radical (unpaired) electrons. The van der Waals surface area contributed by atoms with E-state index in [1.165, 1.54) is 45.4 Å². The number of hydrogen-bond donors (Lipinski definition) is 1. The highest BCUT2D eigenvalue weighted by molar-refractivity contribution is 4.93. The molecule has 78 valence electrons. The van der Waals surface area contributed by atoms with Crippen LogP contribution in [0.4, 0.5) is 0 Å². The molecular weight excluding hydrogens is 160 g/mol. The van der Waals surface area contributed by atoms with Gasteiger partial charge in [-0.3, -0.25) is 4.90 Å². The summed E-state index contributed by atoms with van der Waals surface area (Å²) in [4.78, 5) is 2.66. The first-order valence-electron chi connectivity index (χ1n) is 5.68. The predicted molar refractivity (Wildman–Crippen MR) is 58.0 cm³/mol. The van der Waals surface area contributed by atoms with Crippen molar-refractivity contribution in [1.29, 1.82) is 0 Å². The highest BCUT2D eigenvalue weighted by Gasteiger charge is 2.33. The minimum Gasteiger partial charge on any atom is -0.315 e. The van der Waals surface area contributed by atoms with Gasteiger partial charge < -0.3 is 5.32 Å². The van der Waals surface area contributed by atoms with Gasteiger partial charge in [0, 0.05) is 12.1 Å².